The van der Waals surface area contributed by atoms with E-state index in [4.69, 9.17) is 4.74 Å². The summed E-state index contributed by atoms with van der Waals surface area (Å²) in [4.78, 5) is 16.0. The molecular formula is C22H24FNO2. The Morgan fingerprint density at radius 1 is 1.15 bits per heavy atom. The highest BCUT2D eigenvalue weighted by Crippen LogP contribution is 2.35. The summed E-state index contributed by atoms with van der Waals surface area (Å²) in [6.45, 7) is 7.35. The van der Waals surface area contributed by atoms with Crippen molar-refractivity contribution in [3.8, 4) is 5.75 Å². The van der Waals surface area contributed by atoms with Crippen molar-refractivity contribution < 1.29 is 13.9 Å². The molecule has 0 amide bonds. The van der Waals surface area contributed by atoms with Gasteiger partial charge < -0.3 is 4.74 Å². The predicted molar refractivity (Wildman–Crippen MR) is 102 cm³/mol. The molecule has 0 atom stereocenters. The van der Waals surface area contributed by atoms with Gasteiger partial charge in [-0.2, -0.15) is 0 Å². The number of carbonyl (C=O) groups excluding carboxylic acids is 1. The van der Waals surface area contributed by atoms with Crippen LogP contribution < -0.4 is 4.74 Å². The molecule has 0 bridgehead atoms. The van der Waals surface area contributed by atoms with Gasteiger partial charge in [0.1, 0.15) is 11.4 Å². The Labute approximate surface area is 153 Å². The standard InChI is InChI=1S/C22H24FNO2/c1-14-4-6-16(7-5-14)17-8-10-18(11-9-17)22(25)26-19-12-15(2)21(24-3)20(23)13-19/h8-14,16H,3-7H2,1-2H3. The van der Waals surface area contributed by atoms with Gasteiger partial charge in [0.05, 0.1) is 5.56 Å². The van der Waals surface area contributed by atoms with E-state index >= 15 is 0 Å². The van der Waals surface area contributed by atoms with Crippen LogP contribution in [0.4, 0.5) is 10.1 Å². The summed E-state index contributed by atoms with van der Waals surface area (Å²) in [5.41, 5.74) is 2.49. The maximum Gasteiger partial charge on any atom is 0.343 e. The first-order valence-corrected chi connectivity index (χ1v) is 9.07. The van der Waals surface area contributed by atoms with Crippen molar-refractivity contribution in [2.45, 2.75) is 45.4 Å². The van der Waals surface area contributed by atoms with Gasteiger partial charge in [-0.25, -0.2) is 9.18 Å². The number of aryl methyl sites for hydroxylation is 1. The number of benzene rings is 2. The van der Waals surface area contributed by atoms with Gasteiger partial charge in [-0.3, -0.25) is 4.99 Å². The van der Waals surface area contributed by atoms with Crippen LogP contribution in [0.5, 0.6) is 5.75 Å². The summed E-state index contributed by atoms with van der Waals surface area (Å²) in [6.07, 6.45) is 4.92. The number of nitrogens with zero attached hydrogens (tertiary/aromatic N) is 1. The van der Waals surface area contributed by atoms with Crippen molar-refractivity contribution in [3.05, 3.63) is 58.9 Å². The van der Waals surface area contributed by atoms with E-state index in [9.17, 15) is 9.18 Å². The van der Waals surface area contributed by atoms with Crippen molar-refractivity contribution >= 4 is 18.4 Å². The normalized spacial score (nSPS) is 19.8. The van der Waals surface area contributed by atoms with Gasteiger partial charge in [-0.05, 0) is 67.6 Å². The van der Waals surface area contributed by atoms with Gasteiger partial charge in [0.2, 0.25) is 0 Å². The van der Waals surface area contributed by atoms with Crippen LogP contribution in [-0.2, 0) is 0 Å². The smallest absolute Gasteiger partial charge is 0.343 e. The predicted octanol–water partition coefficient (Wildman–Crippen LogP) is 5.98. The average Bonchev–Trinajstić information content (AvgIpc) is 2.62. The SMILES string of the molecule is C=Nc1c(C)cc(OC(=O)c2ccc(C3CCC(C)CC3)cc2)cc1F. The molecular weight excluding hydrogens is 329 g/mol. The molecule has 2 aromatic rings. The highest BCUT2D eigenvalue weighted by Gasteiger charge is 2.20. The Kier molecular flexibility index (Phi) is 5.50. The van der Waals surface area contributed by atoms with Crippen molar-refractivity contribution in [1.29, 1.82) is 0 Å². The molecule has 0 saturated heterocycles. The molecule has 0 N–H and O–H groups in total. The minimum Gasteiger partial charge on any atom is -0.423 e. The fraction of sp³-hybridized carbons (Fsp3) is 0.364. The highest BCUT2D eigenvalue weighted by atomic mass is 19.1. The van der Waals surface area contributed by atoms with E-state index in [2.05, 4.69) is 18.6 Å². The van der Waals surface area contributed by atoms with Gasteiger partial charge in [-0.1, -0.05) is 31.9 Å². The van der Waals surface area contributed by atoms with E-state index in [-0.39, 0.29) is 11.4 Å². The van der Waals surface area contributed by atoms with E-state index in [1.54, 1.807) is 25.1 Å². The largest absolute Gasteiger partial charge is 0.423 e. The Morgan fingerprint density at radius 2 is 1.81 bits per heavy atom. The number of carbonyl (C=O) groups is 1. The molecule has 4 heteroatoms. The second-order valence-corrected chi connectivity index (χ2v) is 7.20. The van der Waals surface area contributed by atoms with Crippen molar-refractivity contribution in [2.75, 3.05) is 0 Å². The van der Waals surface area contributed by atoms with Gasteiger partial charge in [0, 0.05) is 6.07 Å². The Balaban J connectivity index is 1.69. The number of hydrogen-bond donors (Lipinski definition) is 0. The van der Waals surface area contributed by atoms with Gasteiger partial charge in [-0.15, -0.1) is 0 Å². The molecule has 136 valence electrons. The number of ether oxygens (including phenoxy) is 1. The topological polar surface area (TPSA) is 38.7 Å². The van der Waals surface area contributed by atoms with E-state index < -0.39 is 11.8 Å². The van der Waals surface area contributed by atoms with Gasteiger partial charge in [0.25, 0.3) is 0 Å². The van der Waals surface area contributed by atoms with E-state index in [0.717, 1.165) is 12.0 Å². The van der Waals surface area contributed by atoms with Crippen LogP contribution in [0, 0.1) is 18.7 Å². The average molecular weight is 353 g/mol. The summed E-state index contributed by atoms with van der Waals surface area (Å²) in [5, 5.41) is 0. The van der Waals surface area contributed by atoms with Crippen LogP contribution in [-0.4, -0.2) is 12.7 Å². The monoisotopic (exact) mass is 353 g/mol. The zero-order chi connectivity index (χ0) is 18.7. The van der Waals surface area contributed by atoms with Gasteiger partial charge >= 0.3 is 5.97 Å². The quantitative estimate of drug-likeness (QED) is 0.385. The molecule has 3 rings (SSSR count). The molecule has 1 aliphatic carbocycles. The minimum atomic E-state index is -0.551. The highest BCUT2D eigenvalue weighted by molar-refractivity contribution is 5.91. The summed E-state index contributed by atoms with van der Waals surface area (Å²) < 4.78 is 19.2. The van der Waals surface area contributed by atoms with E-state index in [0.29, 0.717) is 17.0 Å². The lowest BCUT2D eigenvalue weighted by molar-refractivity contribution is 0.0734. The van der Waals surface area contributed by atoms with Crippen LogP contribution in [0.15, 0.2) is 41.4 Å². The molecule has 3 nitrogen and oxygen atoms in total. The molecule has 2 aromatic carbocycles. The fourth-order valence-corrected chi connectivity index (χ4v) is 3.61. The van der Waals surface area contributed by atoms with Crippen LogP contribution in [0.2, 0.25) is 0 Å². The minimum absolute atomic E-state index is 0.169. The fourth-order valence-electron chi connectivity index (χ4n) is 3.61. The third kappa shape index (κ3) is 4.01. The third-order valence-electron chi connectivity index (χ3n) is 5.23. The second-order valence-electron chi connectivity index (χ2n) is 7.20. The molecule has 26 heavy (non-hydrogen) atoms. The molecule has 0 aliphatic heterocycles. The zero-order valence-corrected chi connectivity index (χ0v) is 15.3. The summed E-state index contributed by atoms with van der Waals surface area (Å²) in [6, 6.07) is 10.3. The molecule has 0 aromatic heterocycles. The van der Waals surface area contributed by atoms with Crippen LogP contribution in [0.25, 0.3) is 0 Å². The van der Waals surface area contributed by atoms with Crippen LogP contribution >= 0.6 is 0 Å². The molecule has 1 saturated carbocycles. The summed E-state index contributed by atoms with van der Waals surface area (Å²) >= 11 is 0. The van der Waals surface area contributed by atoms with Crippen molar-refractivity contribution in [1.82, 2.24) is 0 Å². The molecule has 0 radical (unpaired) electrons. The van der Waals surface area contributed by atoms with Gasteiger partial charge in [0.15, 0.2) is 5.82 Å². The third-order valence-corrected chi connectivity index (χ3v) is 5.23. The van der Waals surface area contributed by atoms with Crippen molar-refractivity contribution in [3.63, 3.8) is 0 Å². The number of aliphatic imine (C=N–C) groups is 1. The van der Waals surface area contributed by atoms with Crippen LogP contribution in [0.1, 0.15) is 60.0 Å². The maximum atomic E-state index is 13.9. The maximum absolute atomic E-state index is 13.9. The molecule has 0 heterocycles. The Hall–Kier alpha value is -2.49. The molecule has 1 fully saturated rings. The first-order valence-electron chi connectivity index (χ1n) is 9.07. The van der Waals surface area contributed by atoms with E-state index in [1.165, 1.54) is 31.2 Å². The van der Waals surface area contributed by atoms with E-state index in [1.807, 2.05) is 12.1 Å². The second kappa shape index (κ2) is 7.81. The number of esters is 1. The first-order chi connectivity index (χ1) is 12.5. The zero-order valence-electron chi connectivity index (χ0n) is 15.3. The number of hydrogen-bond acceptors (Lipinski definition) is 3. The molecule has 0 spiro atoms. The lowest BCUT2D eigenvalue weighted by Crippen LogP contribution is -2.12. The first kappa shape index (κ1) is 18.3. The number of halogens is 1. The van der Waals surface area contributed by atoms with Crippen molar-refractivity contribution in [2.24, 2.45) is 10.9 Å². The number of rotatable bonds is 4. The Bertz CT molecular complexity index is 782. The Morgan fingerprint density at radius 3 is 2.38 bits per heavy atom. The lowest BCUT2D eigenvalue weighted by Gasteiger charge is -2.26. The molecule has 0 unspecified atom stereocenters. The lowest BCUT2D eigenvalue weighted by atomic mass is 9.79. The molecule has 1 aliphatic rings. The summed E-state index contributed by atoms with van der Waals surface area (Å²) in [7, 11) is 0. The van der Waals surface area contributed by atoms with Crippen LogP contribution in [0.3, 0.4) is 0 Å². The summed E-state index contributed by atoms with van der Waals surface area (Å²) in [5.74, 6) is 0.512.